The van der Waals surface area contributed by atoms with E-state index in [4.69, 9.17) is 4.74 Å². The van der Waals surface area contributed by atoms with E-state index in [1.807, 2.05) is 0 Å². The van der Waals surface area contributed by atoms with Crippen LogP contribution >= 0.6 is 15.9 Å². The molecule has 3 rings (SSSR count). The van der Waals surface area contributed by atoms with Gasteiger partial charge in [0.1, 0.15) is 0 Å². The van der Waals surface area contributed by atoms with Crippen LogP contribution in [-0.4, -0.2) is 26.7 Å². The number of fused-ring (bicyclic) bond motifs is 1. The van der Waals surface area contributed by atoms with Crippen molar-refractivity contribution in [2.45, 2.75) is 17.4 Å². The van der Waals surface area contributed by atoms with Crippen molar-refractivity contribution in [2.75, 3.05) is 12.4 Å². The standard InChI is InChI=1S/C17H15BrFNO4S/c18-11-5-6-15(13(19)9-11)24-10-17(21)20-14-7-8-25(22,23)16-4-2-1-3-12(14)16/h1-6,9,14H,7-8,10H2,(H,20,21). The summed E-state index contributed by atoms with van der Waals surface area (Å²) in [5, 5.41) is 2.75. The zero-order valence-electron chi connectivity index (χ0n) is 13.0. The predicted octanol–water partition coefficient (Wildman–Crippen LogP) is 3.00. The smallest absolute Gasteiger partial charge is 0.258 e. The molecule has 0 fully saturated rings. The lowest BCUT2D eigenvalue weighted by Gasteiger charge is -2.26. The molecule has 1 aliphatic rings. The molecule has 132 valence electrons. The number of benzene rings is 2. The average molecular weight is 428 g/mol. The summed E-state index contributed by atoms with van der Waals surface area (Å²) in [6.45, 7) is -0.357. The highest BCUT2D eigenvalue weighted by Crippen LogP contribution is 2.31. The second-order valence-corrected chi connectivity index (χ2v) is 8.62. The Balaban J connectivity index is 1.67. The van der Waals surface area contributed by atoms with Crippen molar-refractivity contribution in [2.24, 2.45) is 0 Å². The van der Waals surface area contributed by atoms with E-state index in [-0.39, 0.29) is 29.4 Å². The van der Waals surface area contributed by atoms with Crippen molar-refractivity contribution in [1.29, 1.82) is 0 Å². The van der Waals surface area contributed by atoms with Gasteiger partial charge in [0, 0.05) is 4.47 Å². The lowest BCUT2D eigenvalue weighted by Crippen LogP contribution is -2.36. The van der Waals surface area contributed by atoms with E-state index in [0.717, 1.165) is 0 Å². The summed E-state index contributed by atoms with van der Waals surface area (Å²) in [4.78, 5) is 12.4. The first-order valence-electron chi connectivity index (χ1n) is 7.56. The molecule has 1 N–H and O–H groups in total. The van der Waals surface area contributed by atoms with E-state index in [0.29, 0.717) is 10.0 Å². The molecule has 0 radical (unpaired) electrons. The first-order chi connectivity index (χ1) is 11.9. The molecule has 0 saturated heterocycles. The Kier molecular flexibility index (Phi) is 5.10. The van der Waals surface area contributed by atoms with Crippen molar-refractivity contribution in [1.82, 2.24) is 5.32 Å². The number of rotatable bonds is 4. The second kappa shape index (κ2) is 7.13. The van der Waals surface area contributed by atoms with E-state index < -0.39 is 27.6 Å². The van der Waals surface area contributed by atoms with E-state index >= 15 is 0 Å². The van der Waals surface area contributed by atoms with Crippen LogP contribution in [0.4, 0.5) is 4.39 Å². The average Bonchev–Trinajstić information content (AvgIpc) is 2.57. The van der Waals surface area contributed by atoms with Gasteiger partial charge < -0.3 is 10.1 Å². The van der Waals surface area contributed by atoms with Crippen molar-refractivity contribution >= 4 is 31.7 Å². The molecule has 1 unspecified atom stereocenters. The number of carbonyl (C=O) groups is 1. The Labute approximate surface area is 153 Å². The maximum absolute atomic E-state index is 13.7. The third-order valence-corrected chi connectivity index (χ3v) is 6.20. The summed E-state index contributed by atoms with van der Waals surface area (Å²) in [7, 11) is -3.31. The van der Waals surface area contributed by atoms with Crippen LogP contribution in [0.15, 0.2) is 51.8 Å². The van der Waals surface area contributed by atoms with E-state index in [2.05, 4.69) is 21.2 Å². The quantitative estimate of drug-likeness (QED) is 0.813. The molecule has 0 spiro atoms. The van der Waals surface area contributed by atoms with E-state index in [9.17, 15) is 17.6 Å². The summed E-state index contributed by atoms with van der Waals surface area (Å²) in [6, 6.07) is 10.5. The number of halogens is 2. The van der Waals surface area contributed by atoms with Crippen molar-refractivity contribution in [3.8, 4) is 5.75 Å². The summed E-state index contributed by atoms with van der Waals surface area (Å²) in [5.41, 5.74) is 0.567. The van der Waals surface area contributed by atoms with Crippen LogP contribution in [0.25, 0.3) is 0 Å². The fourth-order valence-electron chi connectivity index (χ4n) is 2.71. The molecule has 1 aliphatic heterocycles. The van der Waals surface area contributed by atoms with Crippen LogP contribution in [0, 0.1) is 5.82 Å². The van der Waals surface area contributed by atoms with Gasteiger partial charge in [0.2, 0.25) is 0 Å². The Morgan fingerprint density at radius 1 is 1.28 bits per heavy atom. The van der Waals surface area contributed by atoms with Gasteiger partial charge in [0.15, 0.2) is 28.0 Å². The van der Waals surface area contributed by atoms with Crippen LogP contribution in [0.5, 0.6) is 5.75 Å². The molecule has 1 amide bonds. The number of amides is 1. The zero-order valence-corrected chi connectivity index (χ0v) is 15.4. The van der Waals surface area contributed by atoms with Crippen LogP contribution in [-0.2, 0) is 14.6 Å². The molecular weight excluding hydrogens is 413 g/mol. The fraction of sp³-hybridized carbons (Fsp3) is 0.235. The van der Waals surface area contributed by atoms with Crippen LogP contribution < -0.4 is 10.1 Å². The van der Waals surface area contributed by atoms with Crippen LogP contribution in [0.2, 0.25) is 0 Å². The van der Waals surface area contributed by atoms with Gasteiger partial charge in [-0.15, -0.1) is 0 Å². The highest BCUT2D eigenvalue weighted by Gasteiger charge is 2.30. The molecule has 2 aromatic carbocycles. The lowest BCUT2D eigenvalue weighted by molar-refractivity contribution is -0.123. The number of ether oxygens (including phenoxy) is 1. The van der Waals surface area contributed by atoms with Gasteiger partial charge in [-0.25, -0.2) is 12.8 Å². The highest BCUT2D eigenvalue weighted by atomic mass is 79.9. The molecule has 0 saturated carbocycles. The van der Waals surface area contributed by atoms with Gasteiger partial charge in [-0.05, 0) is 36.2 Å². The first-order valence-corrected chi connectivity index (χ1v) is 10.0. The molecule has 1 atom stereocenters. The number of sulfone groups is 1. The predicted molar refractivity (Wildman–Crippen MR) is 93.6 cm³/mol. The fourth-order valence-corrected chi connectivity index (χ4v) is 4.67. The molecule has 0 aliphatic carbocycles. The van der Waals surface area contributed by atoms with E-state index in [1.165, 1.54) is 18.2 Å². The molecule has 8 heteroatoms. The Morgan fingerprint density at radius 2 is 2.04 bits per heavy atom. The molecule has 5 nitrogen and oxygen atoms in total. The van der Waals surface area contributed by atoms with Crippen LogP contribution in [0.3, 0.4) is 0 Å². The van der Waals surface area contributed by atoms with Gasteiger partial charge in [0.05, 0.1) is 16.7 Å². The molecule has 0 aromatic heterocycles. The maximum Gasteiger partial charge on any atom is 0.258 e. The Bertz CT molecular complexity index is 917. The third-order valence-electron chi connectivity index (χ3n) is 3.89. The van der Waals surface area contributed by atoms with E-state index in [1.54, 1.807) is 24.3 Å². The zero-order chi connectivity index (χ0) is 18.0. The van der Waals surface area contributed by atoms with Gasteiger partial charge in [-0.3, -0.25) is 4.79 Å². The minimum absolute atomic E-state index is 0.0232. The minimum atomic E-state index is -3.31. The largest absolute Gasteiger partial charge is 0.481 e. The number of hydrogen-bond acceptors (Lipinski definition) is 4. The molecule has 0 bridgehead atoms. The second-order valence-electron chi connectivity index (χ2n) is 5.63. The Morgan fingerprint density at radius 3 is 2.80 bits per heavy atom. The molecular formula is C17H15BrFNO4S. The number of carbonyl (C=O) groups excluding carboxylic acids is 1. The summed E-state index contributed by atoms with van der Waals surface area (Å²) >= 11 is 3.14. The van der Waals surface area contributed by atoms with Crippen LogP contribution in [0.1, 0.15) is 18.0 Å². The molecule has 1 heterocycles. The maximum atomic E-state index is 13.7. The molecule has 2 aromatic rings. The van der Waals surface area contributed by atoms with Gasteiger partial charge in [-0.2, -0.15) is 0 Å². The normalized spacial score (nSPS) is 18.2. The first kappa shape index (κ1) is 17.9. The summed E-state index contributed by atoms with van der Waals surface area (Å²) in [6.07, 6.45) is 0.289. The van der Waals surface area contributed by atoms with Crippen molar-refractivity contribution in [3.63, 3.8) is 0 Å². The molecule has 25 heavy (non-hydrogen) atoms. The number of nitrogens with one attached hydrogen (secondary N) is 1. The Hall–Kier alpha value is -1.93. The van der Waals surface area contributed by atoms with Gasteiger partial charge in [0.25, 0.3) is 5.91 Å². The van der Waals surface area contributed by atoms with Gasteiger partial charge in [-0.1, -0.05) is 34.1 Å². The van der Waals surface area contributed by atoms with Crippen molar-refractivity contribution in [3.05, 3.63) is 58.3 Å². The summed E-state index contributed by atoms with van der Waals surface area (Å²) < 4.78 is 43.7. The number of hydrogen-bond donors (Lipinski definition) is 1. The van der Waals surface area contributed by atoms with Gasteiger partial charge >= 0.3 is 0 Å². The lowest BCUT2D eigenvalue weighted by atomic mass is 10.0. The highest BCUT2D eigenvalue weighted by molar-refractivity contribution is 9.10. The third kappa shape index (κ3) is 4.01. The minimum Gasteiger partial charge on any atom is -0.481 e. The topological polar surface area (TPSA) is 72.5 Å². The monoisotopic (exact) mass is 427 g/mol. The van der Waals surface area contributed by atoms with Crippen molar-refractivity contribution < 1.29 is 22.3 Å². The summed E-state index contributed by atoms with van der Waals surface area (Å²) in [5.74, 6) is -1.07. The SMILES string of the molecule is O=C(COc1ccc(Br)cc1F)NC1CCS(=O)(=O)c2ccccc21.